The quantitative estimate of drug-likeness (QED) is 0.444. The molecular formula is C12H13N3O2S3. The van der Waals surface area contributed by atoms with Gasteiger partial charge in [0.15, 0.2) is 8.68 Å². The summed E-state index contributed by atoms with van der Waals surface area (Å²) in [5.74, 6) is 0.972. The summed E-state index contributed by atoms with van der Waals surface area (Å²) in [5.41, 5.74) is 1.04. The Morgan fingerprint density at radius 1 is 1.40 bits per heavy atom. The summed E-state index contributed by atoms with van der Waals surface area (Å²) in [5, 5.41) is 19.1. The van der Waals surface area contributed by atoms with Crippen LogP contribution < -0.4 is 0 Å². The van der Waals surface area contributed by atoms with Gasteiger partial charge in [-0.1, -0.05) is 53.9 Å². The molecule has 0 bridgehead atoms. The molecule has 0 aliphatic carbocycles. The zero-order valence-electron chi connectivity index (χ0n) is 11.0. The Morgan fingerprint density at radius 3 is 2.85 bits per heavy atom. The fraction of sp³-hybridized carbons (Fsp3) is 0.333. The smallest absolute Gasteiger partial charge is 0.258 e. The van der Waals surface area contributed by atoms with Crippen LogP contribution in [0.2, 0.25) is 0 Å². The molecule has 0 unspecified atom stereocenters. The molecule has 8 heteroatoms. The summed E-state index contributed by atoms with van der Waals surface area (Å²) < 4.78 is 1.85. The van der Waals surface area contributed by atoms with Gasteiger partial charge in [-0.25, -0.2) is 0 Å². The number of rotatable bonds is 6. The molecule has 2 rings (SSSR count). The largest absolute Gasteiger partial charge is 0.269 e. The number of nitro benzene ring substituents is 1. The van der Waals surface area contributed by atoms with Crippen molar-refractivity contribution in [1.82, 2.24) is 10.2 Å². The van der Waals surface area contributed by atoms with Gasteiger partial charge in [-0.3, -0.25) is 10.1 Å². The molecule has 1 aromatic heterocycles. The molecule has 1 heterocycles. The summed E-state index contributed by atoms with van der Waals surface area (Å²) in [6.07, 6.45) is 0. The molecule has 0 radical (unpaired) electrons. The molecule has 0 fully saturated rings. The predicted molar refractivity (Wildman–Crippen MR) is 83.7 cm³/mol. The van der Waals surface area contributed by atoms with Crippen LogP contribution in [-0.2, 0) is 0 Å². The number of hydrogen-bond donors (Lipinski definition) is 0. The average molecular weight is 327 g/mol. The lowest BCUT2D eigenvalue weighted by molar-refractivity contribution is -0.384. The highest BCUT2D eigenvalue weighted by Crippen LogP contribution is 2.38. The first kappa shape index (κ1) is 15.3. The molecule has 2 aromatic rings. The van der Waals surface area contributed by atoms with E-state index in [1.807, 2.05) is 13.0 Å². The number of benzene rings is 1. The van der Waals surface area contributed by atoms with E-state index in [9.17, 15) is 10.1 Å². The van der Waals surface area contributed by atoms with E-state index in [4.69, 9.17) is 0 Å². The van der Waals surface area contributed by atoms with Gasteiger partial charge < -0.3 is 0 Å². The number of aromatic nitrogens is 2. The van der Waals surface area contributed by atoms with E-state index in [-0.39, 0.29) is 15.9 Å². The molecule has 0 aliphatic heterocycles. The number of nitro groups is 1. The van der Waals surface area contributed by atoms with E-state index in [2.05, 4.69) is 17.1 Å². The molecule has 1 atom stereocenters. The number of hydrogen-bond acceptors (Lipinski definition) is 7. The van der Waals surface area contributed by atoms with Gasteiger partial charge in [-0.15, -0.1) is 10.2 Å². The lowest BCUT2D eigenvalue weighted by atomic mass is 10.1. The van der Waals surface area contributed by atoms with Gasteiger partial charge in [0.25, 0.3) is 5.69 Å². The Kier molecular flexibility index (Phi) is 5.38. The van der Waals surface area contributed by atoms with Crippen LogP contribution in [0, 0.1) is 10.1 Å². The Balaban J connectivity index is 2.08. The molecule has 5 nitrogen and oxygen atoms in total. The van der Waals surface area contributed by atoms with Crippen molar-refractivity contribution < 1.29 is 4.92 Å². The van der Waals surface area contributed by atoms with Crippen molar-refractivity contribution in [2.75, 3.05) is 5.75 Å². The molecule has 0 saturated heterocycles. The molecule has 0 N–H and O–H groups in total. The highest BCUT2D eigenvalue weighted by atomic mass is 32.2. The van der Waals surface area contributed by atoms with Crippen molar-refractivity contribution in [3.8, 4) is 0 Å². The average Bonchev–Trinajstić information content (AvgIpc) is 2.86. The highest BCUT2D eigenvalue weighted by molar-refractivity contribution is 8.03. The van der Waals surface area contributed by atoms with Gasteiger partial charge in [0.2, 0.25) is 0 Å². The van der Waals surface area contributed by atoms with Gasteiger partial charge in [0.05, 0.1) is 4.92 Å². The Morgan fingerprint density at radius 2 is 2.15 bits per heavy atom. The van der Waals surface area contributed by atoms with Gasteiger partial charge in [-0.05, 0) is 18.2 Å². The summed E-state index contributed by atoms with van der Waals surface area (Å²) in [7, 11) is 0. The first-order valence-corrected chi connectivity index (χ1v) is 8.65. The third-order valence-corrected chi connectivity index (χ3v) is 5.66. The lowest BCUT2D eigenvalue weighted by Gasteiger charge is -2.08. The van der Waals surface area contributed by atoms with Crippen LogP contribution >= 0.6 is 34.9 Å². The highest BCUT2D eigenvalue weighted by Gasteiger charge is 2.14. The predicted octanol–water partition coefficient (Wildman–Crippen LogP) is 4.41. The van der Waals surface area contributed by atoms with E-state index in [0.29, 0.717) is 0 Å². The molecule has 20 heavy (non-hydrogen) atoms. The third-order valence-electron chi connectivity index (χ3n) is 2.48. The molecule has 0 amide bonds. The standard InChI is InChI=1S/C12H13N3O2S3/c1-3-18-11-13-14-12(20-11)19-8(2)9-5-4-6-10(7-9)15(16)17/h4-8H,3H2,1-2H3/t8-/m0/s1. The van der Waals surface area contributed by atoms with Gasteiger partial charge in [0, 0.05) is 17.4 Å². The van der Waals surface area contributed by atoms with Crippen LogP contribution in [0.5, 0.6) is 0 Å². The van der Waals surface area contributed by atoms with Gasteiger partial charge >= 0.3 is 0 Å². The normalized spacial score (nSPS) is 12.3. The van der Waals surface area contributed by atoms with Crippen molar-refractivity contribution in [1.29, 1.82) is 0 Å². The minimum absolute atomic E-state index is 0.0994. The van der Waals surface area contributed by atoms with Crippen LogP contribution in [-0.4, -0.2) is 20.9 Å². The Labute approximate surface area is 129 Å². The Bertz CT molecular complexity index is 603. The second kappa shape index (κ2) is 7.05. The van der Waals surface area contributed by atoms with Crippen LogP contribution in [0.15, 0.2) is 32.9 Å². The number of non-ortho nitro benzene ring substituents is 1. The summed E-state index contributed by atoms with van der Waals surface area (Å²) in [4.78, 5) is 10.4. The van der Waals surface area contributed by atoms with Crippen molar-refractivity contribution >= 4 is 40.5 Å². The first-order valence-electron chi connectivity index (χ1n) is 5.97. The molecular weight excluding hydrogens is 314 g/mol. The molecule has 0 spiro atoms. The van der Waals surface area contributed by atoms with Gasteiger partial charge in [0.1, 0.15) is 0 Å². The van der Waals surface area contributed by atoms with Crippen LogP contribution in [0.3, 0.4) is 0 Å². The number of nitrogens with zero attached hydrogens (tertiary/aromatic N) is 3. The zero-order chi connectivity index (χ0) is 14.5. The molecule has 106 valence electrons. The van der Waals surface area contributed by atoms with Crippen molar-refractivity contribution in [3.05, 3.63) is 39.9 Å². The maximum absolute atomic E-state index is 10.8. The van der Waals surface area contributed by atoms with E-state index in [1.165, 1.54) is 6.07 Å². The summed E-state index contributed by atoms with van der Waals surface area (Å²) in [6.45, 7) is 4.09. The SMILES string of the molecule is CCSc1nnc(S[C@@H](C)c2cccc([N+](=O)[O-])c2)s1. The Hall–Kier alpha value is -1.12. The fourth-order valence-electron chi connectivity index (χ4n) is 1.54. The maximum Gasteiger partial charge on any atom is 0.269 e. The van der Waals surface area contributed by atoms with E-state index in [0.717, 1.165) is 20.0 Å². The van der Waals surface area contributed by atoms with Crippen LogP contribution in [0.1, 0.15) is 24.7 Å². The summed E-state index contributed by atoms with van der Waals surface area (Å²) >= 11 is 4.80. The van der Waals surface area contributed by atoms with Crippen LogP contribution in [0.25, 0.3) is 0 Å². The first-order chi connectivity index (χ1) is 9.60. The third kappa shape index (κ3) is 3.94. The fourth-order valence-corrected chi connectivity index (χ4v) is 4.71. The minimum atomic E-state index is -0.373. The minimum Gasteiger partial charge on any atom is -0.258 e. The topological polar surface area (TPSA) is 68.9 Å². The van der Waals surface area contributed by atoms with E-state index in [1.54, 1.807) is 47.0 Å². The van der Waals surface area contributed by atoms with Crippen molar-refractivity contribution in [2.45, 2.75) is 27.8 Å². The number of thioether (sulfide) groups is 2. The zero-order valence-corrected chi connectivity index (χ0v) is 13.4. The second-order valence-corrected chi connectivity index (χ2v) is 7.96. The second-order valence-electron chi connectivity index (χ2n) is 3.88. The van der Waals surface area contributed by atoms with Crippen molar-refractivity contribution in [2.24, 2.45) is 0 Å². The van der Waals surface area contributed by atoms with Crippen LogP contribution in [0.4, 0.5) is 5.69 Å². The maximum atomic E-state index is 10.8. The lowest BCUT2D eigenvalue weighted by Crippen LogP contribution is -1.92. The molecule has 0 aliphatic rings. The monoisotopic (exact) mass is 327 g/mol. The van der Waals surface area contributed by atoms with Gasteiger partial charge in [-0.2, -0.15) is 0 Å². The molecule has 1 aromatic carbocycles. The van der Waals surface area contributed by atoms with E-state index < -0.39 is 0 Å². The summed E-state index contributed by atoms with van der Waals surface area (Å²) in [6, 6.07) is 6.72. The van der Waals surface area contributed by atoms with E-state index >= 15 is 0 Å². The van der Waals surface area contributed by atoms with Crippen molar-refractivity contribution in [3.63, 3.8) is 0 Å². The molecule has 0 saturated carbocycles.